The number of nitrogen functional groups attached to an aromatic ring is 1. The molecule has 1 rings (SSSR count). The monoisotopic (exact) mass is 251 g/mol. The summed E-state index contributed by atoms with van der Waals surface area (Å²) in [5, 5.41) is 3.17. The number of nitrogens with zero attached hydrogens (tertiary/aromatic N) is 3. The van der Waals surface area contributed by atoms with E-state index >= 15 is 0 Å². The van der Waals surface area contributed by atoms with Gasteiger partial charge < -0.3 is 16.0 Å². The molecule has 0 aromatic carbocycles. The van der Waals surface area contributed by atoms with Crippen LogP contribution in [-0.4, -0.2) is 29.6 Å². The molecule has 1 atom stereocenters. The number of nitrogens with one attached hydrogen (secondary N) is 1. The van der Waals surface area contributed by atoms with Gasteiger partial charge >= 0.3 is 0 Å². The fraction of sp³-hybridized carbons (Fsp3) is 0.692. The Hall–Kier alpha value is -1.52. The Bertz CT molecular complexity index is 378. The molecule has 0 aliphatic heterocycles. The maximum Gasteiger partial charge on any atom is 0.223 e. The number of nitrogens with two attached hydrogens (primary N) is 1. The third kappa shape index (κ3) is 4.05. The summed E-state index contributed by atoms with van der Waals surface area (Å²) >= 11 is 0. The van der Waals surface area contributed by atoms with E-state index in [1.807, 2.05) is 20.0 Å². The molecular weight excluding hydrogens is 226 g/mol. The van der Waals surface area contributed by atoms with Crippen LogP contribution in [0.2, 0.25) is 0 Å². The molecular formula is C13H25N5. The first-order valence-corrected chi connectivity index (χ1v) is 6.55. The summed E-state index contributed by atoms with van der Waals surface area (Å²) in [4.78, 5) is 10.6. The highest BCUT2D eigenvalue weighted by molar-refractivity contribution is 5.52. The van der Waals surface area contributed by atoms with E-state index in [1.165, 1.54) is 0 Å². The summed E-state index contributed by atoms with van der Waals surface area (Å²) in [5.74, 6) is 2.62. The first kappa shape index (κ1) is 14.5. The van der Waals surface area contributed by atoms with Gasteiger partial charge in [-0.05, 0) is 26.2 Å². The third-order valence-electron chi connectivity index (χ3n) is 2.92. The minimum absolute atomic E-state index is 0.312. The second-order valence-electron chi connectivity index (χ2n) is 5.09. The van der Waals surface area contributed by atoms with E-state index in [-0.39, 0.29) is 0 Å². The second kappa shape index (κ2) is 6.42. The summed E-state index contributed by atoms with van der Waals surface area (Å²) in [6, 6.07) is 2.37. The molecule has 3 N–H and O–H groups in total. The lowest BCUT2D eigenvalue weighted by atomic mass is 10.0. The van der Waals surface area contributed by atoms with Crippen molar-refractivity contribution < 1.29 is 0 Å². The minimum atomic E-state index is 0.312. The van der Waals surface area contributed by atoms with E-state index in [9.17, 15) is 0 Å². The first-order chi connectivity index (χ1) is 8.43. The maximum absolute atomic E-state index is 5.74. The van der Waals surface area contributed by atoms with Gasteiger partial charge in [0.15, 0.2) is 0 Å². The molecule has 5 nitrogen and oxygen atoms in total. The van der Waals surface area contributed by atoms with Crippen LogP contribution in [0, 0.1) is 5.92 Å². The standard InChI is InChI=1S/C13H25N5/c1-6-15-11-8-12(17-13(14)16-11)18(5)10(4)7-9(2)3/h8-10H,6-7H2,1-5H3,(H3,14,15,16,17). The lowest BCUT2D eigenvalue weighted by Crippen LogP contribution is -2.31. The zero-order valence-electron chi connectivity index (χ0n) is 12.1. The van der Waals surface area contributed by atoms with Crippen LogP contribution in [-0.2, 0) is 0 Å². The van der Waals surface area contributed by atoms with Gasteiger partial charge in [-0.3, -0.25) is 0 Å². The number of hydrogen-bond donors (Lipinski definition) is 2. The van der Waals surface area contributed by atoms with E-state index in [0.717, 1.165) is 24.6 Å². The second-order valence-corrected chi connectivity index (χ2v) is 5.09. The Labute approximate surface area is 110 Å². The summed E-state index contributed by atoms with van der Waals surface area (Å²) in [7, 11) is 2.05. The molecule has 0 aliphatic carbocycles. The molecule has 5 heteroatoms. The molecule has 1 unspecified atom stereocenters. The van der Waals surface area contributed by atoms with Crippen LogP contribution in [0.1, 0.15) is 34.1 Å². The zero-order chi connectivity index (χ0) is 13.7. The number of anilines is 3. The van der Waals surface area contributed by atoms with Crippen LogP contribution in [0.3, 0.4) is 0 Å². The van der Waals surface area contributed by atoms with Gasteiger partial charge in [-0.15, -0.1) is 0 Å². The molecule has 0 amide bonds. The summed E-state index contributed by atoms with van der Waals surface area (Å²) < 4.78 is 0. The average molecular weight is 251 g/mol. The lowest BCUT2D eigenvalue weighted by molar-refractivity contribution is 0.502. The molecule has 0 radical (unpaired) electrons. The van der Waals surface area contributed by atoms with E-state index in [0.29, 0.717) is 17.9 Å². The van der Waals surface area contributed by atoms with Gasteiger partial charge in [-0.25, -0.2) is 0 Å². The Morgan fingerprint density at radius 1 is 1.33 bits per heavy atom. The van der Waals surface area contributed by atoms with Crippen LogP contribution >= 0.6 is 0 Å². The smallest absolute Gasteiger partial charge is 0.223 e. The van der Waals surface area contributed by atoms with Crippen LogP contribution in [0.5, 0.6) is 0 Å². The Morgan fingerprint density at radius 2 is 2.00 bits per heavy atom. The molecule has 0 aliphatic rings. The van der Waals surface area contributed by atoms with Gasteiger partial charge in [-0.2, -0.15) is 9.97 Å². The number of aromatic nitrogens is 2. The Balaban J connectivity index is 2.87. The first-order valence-electron chi connectivity index (χ1n) is 6.55. The maximum atomic E-state index is 5.74. The highest BCUT2D eigenvalue weighted by atomic mass is 15.2. The number of hydrogen-bond acceptors (Lipinski definition) is 5. The van der Waals surface area contributed by atoms with E-state index in [4.69, 9.17) is 5.73 Å². The van der Waals surface area contributed by atoms with Crippen molar-refractivity contribution in [3.8, 4) is 0 Å². The van der Waals surface area contributed by atoms with Gasteiger partial charge in [0.1, 0.15) is 11.6 Å². The minimum Gasteiger partial charge on any atom is -0.370 e. The molecule has 102 valence electrons. The topological polar surface area (TPSA) is 67.1 Å². The highest BCUT2D eigenvalue weighted by Gasteiger charge is 2.14. The van der Waals surface area contributed by atoms with Gasteiger partial charge in [-0.1, -0.05) is 13.8 Å². The summed E-state index contributed by atoms with van der Waals surface area (Å²) in [6.45, 7) is 9.50. The summed E-state index contributed by atoms with van der Waals surface area (Å²) in [6.07, 6.45) is 1.12. The van der Waals surface area contributed by atoms with Crippen LogP contribution in [0.25, 0.3) is 0 Å². The largest absolute Gasteiger partial charge is 0.370 e. The fourth-order valence-electron chi connectivity index (χ4n) is 1.97. The van der Waals surface area contributed by atoms with E-state index in [2.05, 4.69) is 41.0 Å². The van der Waals surface area contributed by atoms with Crippen molar-refractivity contribution in [2.24, 2.45) is 5.92 Å². The normalized spacial score (nSPS) is 12.6. The van der Waals surface area contributed by atoms with Crippen LogP contribution in [0.15, 0.2) is 6.07 Å². The van der Waals surface area contributed by atoms with Crippen LogP contribution < -0.4 is 16.0 Å². The SMILES string of the molecule is CCNc1cc(N(C)C(C)CC(C)C)nc(N)n1. The number of rotatable bonds is 6. The molecule has 1 heterocycles. The van der Waals surface area contributed by atoms with E-state index < -0.39 is 0 Å². The molecule has 0 saturated heterocycles. The third-order valence-corrected chi connectivity index (χ3v) is 2.92. The predicted octanol–water partition coefficient (Wildman–Crippen LogP) is 2.36. The van der Waals surface area contributed by atoms with Crippen molar-refractivity contribution in [1.82, 2.24) is 9.97 Å². The molecule has 1 aromatic rings. The van der Waals surface area contributed by atoms with Crippen molar-refractivity contribution in [3.05, 3.63) is 6.07 Å². The van der Waals surface area contributed by atoms with Gasteiger partial charge in [0.05, 0.1) is 0 Å². The highest BCUT2D eigenvalue weighted by Crippen LogP contribution is 2.20. The fourth-order valence-corrected chi connectivity index (χ4v) is 1.97. The molecule has 0 bridgehead atoms. The van der Waals surface area contributed by atoms with Gasteiger partial charge in [0, 0.05) is 25.7 Å². The molecule has 0 spiro atoms. The van der Waals surface area contributed by atoms with Crippen molar-refractivity contribution in [3.63, 3.8) is 0 Å². The molecule has 1 aromatic heterocycles. The van der Waals surface area contributed by atoms with Gasteiger partial charge in [0.2, 0.25) is 5.95 Å². The lowest BCUT2D eigenvalue weighted by Gasteiger charge is -2.27. The summed E-state index contributed by atoms with van der Waals surface area (Å²) in [5.41, 5.74) is 5.74. The quantitative estimate of drug-likeness (QED) is 0.812. The molecule has 0 fully saturated rings. The van der Waals surface area contributed by atoms with Crippen molar-refractivity contribution in [2.45, 2.75) is 40.2 Å². The van der Waals surface area contributed by atoms with Crippen LogP contribution in [0.4, 0.5) is 17.6 Å². The molecule has 0 saturated carbocycles. The molecule has 18 heavy (non-hydrogen) atoms. The van der Waals surface area contributed by atoms with Gasteiger partial charge in [0.25, 0.3) is 0 Å². The average Bonchev–Trinajstić information content (AvgIpc) is 2.26. The Morgan fingerprint density at radius 3 is 2.56 bits per heavy atom. The van der Waals surface area contributed by atoms with E-state index in [1.54, 1.807) is 0 Å². The predicted molar refractivity (Wildman–Crippen MR) is 77.9 cm³/mol. The van der Waals surface area contributed by atoms with Crippen molar-refractivity contribution in [2.75, 3.05) is 29.5 Å². The zero-order valence-corrected chi connectivity index (χ0v) is 12.1. The van der Waals surface area contributed by atoms with Crippen molar-refractivity contribution in [1.29, 1.82) is 0 Å². The van der Waals surface area contributed by atoms with Crippen molar-refractivity contribution >= 4 is 17.6 Å². The Kier molecular flexibility index (Phi) is 5.19.